The Kier molecular flexibility index (Phi) is 7.38. The number of hydrogen-bond acceptors (Lipinski definition) is 6. The largest absolute Gasteiger partial charge is 0.444 e. The minimum Gasteiger partial charge on any atom is -0.444 e. The number of aromatic nitrogens is 4. The summed E-state index contributed by atoms with van der Waals surface area (Å²) in [5, 5.41) is 6.06. The molecule has 0 radical (unpaired) electrons. The second kappa shape index (κ2) is 10.9. The Bertz CT molecular complexity index is 1480. The first kappa shape index (κ1) is 26.4. The lowest BCUT2D eigenvalue weighted by molar-refractivity contribution is 0.0470. The third-order valence-corrected chi connectivity index (χ3v) is 6.54. The monoisotopic (exact) mass is 529 g/mol. The van der Waals surface area contributed by atoms with Crippen molar-refractivity contribution in [3.63, 3.8) is 0 Å². The molecule has 1 aromatic carbocycles. The number of nitrogens with zero attached hydrogens (tertiary/aromatic N) is 5. The van der Waals surface area contributed by atoms with E-state index in [0.29, 0.717) is 17.9 Å². The van der Waals surface area contributed by atoms with Gasteiger partial charge in [-0.15, -0.1) is 0 Å². The van der Waals surface area contributed by atoms with E-state index in [-0.39, 0.29) is 18.0 Å². The van der Waals surface area contributed by atoms with Gasteiger partial charge >= 0.3 is 6.09 Å². The summed E-state index contributed by atoms with van der Waals surface area (Å²) >= 11 is 0. The van der Waals surface area contributed by atoms with Gasteiger partial charge in [-0.1, -0.05) is 6.07 Å². The lowest BCUT2D eigenvalue weighted by atomic mass is 10.0. The van der Waals surface area contributed by atoms with Crippen molar-refractivity contribution in [1.29, 1.82) is 0 Å². The summed E-state index contributed by atoms with van der Waals surface area (Å²) < 4.78 is 9.22. The molecule has 5 rings (SSSR count). The molecule has 2 N–H and O–H groups in total. The van der Waals surface area contributed by atoms with Crippen molar-refractivity contribution in [3.8, 4) is 5.69 Å². The molecule has 10 heteroatoms. The normalized spacial score (nSPS) is 16.3. The van der Waals surface area contributed by atoms with Crippen LogP contribution in [0.4, 0.5) is 10.5 Å². The zero-order valence-electron chi connectivity index (χ0n) is 22.8. The number of nitrogens with one attached hydrogen (secondary N) is 2. The van der Waals surface area contributed by atoms with E-state index in [1.807, 2.05) is 79.4 Å². The summed E-state index contributed by atoms with van der Waals surface area (Å²) in [5.41, 5.74) is 4.11. The summed E-state index contributed by atoms with van der Waals surface area (Å²) in [6.45, 7) is 9.84. The molecular weight excluding hydrogens is 494 g/mol. The first-order valence-corrected chi connectivity index (χ1v) is 13.2. The highest BCUT2D eigenvalue weighted by Gasteiger charge is 2.24. The van der Waals surface area contributed by atoms with Crippen LogP contribution < -0.4 is 10.6 Å². The molecule has 2 amide bonds. The highest BCUT2D eigenvalue weighted by atomic mass is 16.6. The fourth-order valence-electron chi connectivity index (χ4n) is 4.91. The molecule has 1 atom stereocenters. The Labute approximate surface area is 228 Å². The SMILES string of the molecule is Cc1cn(-c2cc(CN3CCC[C@H](NC(=O)OC(C)(C)C)C3)cc(NC(=O)c3ncn4ccccc34)c2)cn1. The number of fused-ring (bicyclic) bond motifs is 1. The first-order valence-electron chi connectivity index (χ1n) is 13.2. The average molecular weight is 530 g/mol. The van der Waals surface area contributed by atoms with Crippen molar-refractivity contribution in [3.05, 3.63) is 78.4 Å². The Morgan fingerprint density at radius 1 is 1.13 bits per heavy atom. The van der Waals surface area contributed by atoms with Gasteiger partial charge in [0, 0.05) is 42.9 Å². The van der Waals surface area contributed by atoms with Gasteiger partial charge in [0.1, 0.15) is 11.9 Å². The average Bonchev–Trinajstić information content (AvgIpc) is 3.49. The minimum absolute atomic E-state index is 0.0152. The molecule has 4 aromatic rings. The van der Waals surface area contributed by atoms with Gasteiger partial charge in [0.2, 0.25) is 0 Å². The van der Waals surface area contributed by atoms with Gasteiger partial charge in [0.25, 0.3) is 5.91 Å². The van der Waals surface area contributed by atoms with Crippen molar-refractivity contribution in [2.75, 3.05) is 18.4 Å². The quantitative estimate of drug-likeness (QED) is 0.379. The maximum absolute atomic E-state index is 13.2. The number of aryl methyl sites for hydroxylation is 1. The lowest BCUT2D eigenvalue weighted by Gasteiger charge is -2.33. The number of ether oxygens (including phenoxy) is 1. The van der Waals surface area contributed by atoms with Gasteiger partial charge in [0.15, 0.2) is 5.69 Å². The predicted molar refractivity (Wildman–Crippen MR) is 149 cm³/mol. The summed E-state index contributed by atoms with van der Waals surface area (Å²) in [4.78, 5) is 36.5. The summed E-state index contributed by atoms with van der Waals surface area (Å²) in [5.74, 6) is -0.270. The van der Waals surface area contributed by atoms with Crippen LogP contribution in [0.3, 0.4) is 0 Å². The second-order valence-electron chi connectivity index (χ2n) is 11.1. The number of carbonyl (C=O) groups is 2. The van der Waals surface area contributed by atoms with Crippen molar-refractivity contribution in [2.45, 2.75) is 58.7 Å². The minimum atomic E-state index is -0.533. The van der Waals surface area contributed by atoms with Gasteiger partial charge in [-0.25, -0.2) is 14.8 Å². The zero-order valence-corrected chi connectivity index (χ0v) is 22.8. The fourth-order valence-corrected chi connectivity index (χ4v) is 4.91. The van der Waals surface area contributed by atoms with Crippen LogP contribution in [0.25, 0.3) is 11.2 Å². The lowest BCUT2D eigenvalue weighted by Crippen LogP contribution is -2.48. The molecule has 1 aliphatic rings. The van der Waals surface area contributed by atoms with Crippen LogP contribution in [-0.2, 0) is 11.3 Å². The summed E-state index contributed by atoms with van der Waals surface area (Å²) in [6, 6.07) is 11.7. The first-order chi connectivity index (χ1) is 18.6. The summed E-state index contributed by atoms with van der Waals surface area (Å²) in [7, 11) is 0. The van der Waals surface area contributed by atoms with E-state index in [9.17, 15) is 9.59 Å². The summed E-state index contributed by atoms with van der Waals surface area (Å²) in [6.07, 6.45) is 8.71. The third-order valence-electron chi connectivity index (χ3n) is 6.54. The van der Waals surface area contributed by atoms with E-state index in [2.05, 4.69) is 31.6 Å². The van der Waals surface area contributed by atoms with Crippen LogP contribution in [0.15, 0.2) is 61.4 Å². The van der Waals surface area contributed by atoms with Crippen molar-refractivity contribution >= 4 is 23.2 Å². The number of anilines is 1. The molecule has 3 aromatic heterocycles. The van der Waals surface area contributed by atoms with E-state index in [1.165, 1.54) is 0 Å². The van der Waals surface area contributed by atoms with Crippen molar-refractivity contribution in [1.82, 2.24) is 29.2 Å². The standard InChI is InChI=1S/C29H35N7O3/c1-20-15-36(18-30-20)24-13-21(16-34-10-7-8-22(17-34)33-28(38)39-29(2,3)4)12-23(14-24)32-27(37)26-25-9-5-6-11-35(25)19-31-26/h5-6,9,11-15,18-19,22H,7-8,10,16-17H2,1-4H3,(H,32,37)(H,33,38)/t22-/m0/s1. The maximum atomic E-state index is 13.2. The Balaban J connectivity index is 1.35. The molecule has 10 nitrogen and oxygen atoms in total. The number of carbonyl (C=O) groups excluding carboxylic acids is 2. The topological polar surface area (TPSA) is 106 Å². The molecule has 0 unspecified atom stereocenters. The Morgan fingerprint density at radius 3 is 2.74 bits per heavy atom. The molecule has 1 fully saturated rings. The van der Waals surface area contributed by atoms with Crippen LogP contribution in [0, 0.1) is 6.92 Å². The molecule has 0 aliphatic carbocycles. The van der Waals surface area contributed by atoms with Crippen LogP contribution >= 0.6 is 0 Å². The number of alkyl carbamates (subject to hydrolysis) is 1. The molecule has 39 heavy (non-hydrogen) atoms. The van der Waals surface area contributed by atoms with Gasteiger partial charge in [-0.2, -0.15) is 0 Å². The number of likely N-dealkylation sites (tertiary alicyclic amines) is 1. The molecule has 1 saturated heterocycles. The number of pyridine rings is 1. The number of amides is 2. The smallest absolute Gasteiger partial charge is 0.407 e. The number of rotatable bonds is 6. The molecule has 0 spiro atoms. The Hall–Kier alpha value is -4.18. The van der Waals surface area contributed by atoms with E-state index in [0.717, 1.165) is 48.4 Å². The second-order valence-corrected chi connectivity index (χ2v) is 11.1. The van der Waals surface area contributed by atoms with Crippen molar-refractivity contribution < 1.29 is 14.3 Å². The van der Waals surface area contributed by atoms with Crippen LogP contribution in [0.5, 0.6) is 0 Å². The highest BCUT2D eigenvalue weighted by Crippen LogP contribution is 2.23. The van der Waals surface area contributed by atoms with Gasteiger partial charge in [0.05, 0.1) is 17.5 Å². The number of hydrogen-bond donors (Lipinski definition) is 2. The van der Waals surface area contributed by atoms with Gasteiger partial charge in [-0.3, -0.25) is 9.69 Å². The van der Waals surface area contributed by atoms with Crippen LogP contribution in [-0.4, -0.2) is 60.6 Å². The molecule has 1 aliphatic heterocycles. The van der Waals surface area contributed by atoms with E-state index in [4.69, 9.17) is 4.74 Å². The van der Waals surface area contributed by atoms with Crippen molar-refractivity contribution in [2.24, 2.45) is 0 Å². The van der Waals surface area contributed by atoms with Crippen LogP contribution in [0.2, 0.25) is 0 Å². The third kappa shape index (κ3) is 6.64. The Morgan fingerprint density at radius 2 is 1.97 bits per heavy atom. The van der Waals surface area contributed by atoms with E-state index >= 15 is 0 Å². The molecule has 4 heterocycles. The fraction of sp³-hybridized carbons (Fsp3) is 0.379. The molecular formula is C29H35N7O3. The number of imidazole rings is 2. The van der Waals surface area contributed by atoms with E-state index in [1.54, 1.807) is 12.7 Å². The molecule has 0 bridgehead atoms. The van der Waals surface area contributed by atoms with Gasteiger partial charge < -0.3 is 24.3 Å². The number of benzene rings is 1. The van der Waals surface area contributed by atoms with Gasteiger partial charge in [-0.05, 0) is 83.0 Å². The molecule has 0 saturated carbocycles. The molecule has 204 valence electrons. The van der Waals surface area contributed by atoms with E-state index < -0.39 is 5.60 Å². The predicted octanol–water partition coefficient (Wildman–Crippen LogP) is 4.57. The number of piperidine rings is 1. The highest BCUT2D eigenvalue weighted by molar-refractivity contribution is 6.07. The maximum Gasteiger partial charge on any atom is 0.407 e. The zero-order chi connectivity index (χ0) is 27.6. The van der Waals surface area contributed by atoms with Crippen LogP contribution in [0.1, 0.15) is 55.4 Å².